The van der Waals surface area contributed by atoms with E-state index in [1.165, 1.54) is 16.8 Å². The van der Waals surface area contributed by atoms with Crippen molar-refractivity contribution in [2.45, 2.75) is 33.6 Å². The fourth-order valence-electron chi connectivity index (χ4n) is 4.58. The molecule has 0 bridgehead atoms. The fraction of sp³-hybridized carbons (Fsp3) is 0.346. The number of hydrogen-bond acceptors (Lipinski definition) is 7. The molecule has 3 heterocycles. The number of piperazine rings is 1. The zero-order valence-electron chi connectivity index (χ0n) is 20.8. The Morgan fingerprint density at radius 1 is 0.917 bits per heavy atom. The molecule has 0 radical (unpaired) electrons. The summed E-state index contributed by atoms with van der Waals surface area (Å²) in [6.07, 6.45) is 0.232. The largest absolute Gasteiger partial charge is 0.368 e. The summed E-state index contributed by atoms with van der Waals surface area (Å²) in [5, 5.41) is 5.25. The number of nitrogens with one attached hydrogen (secondary N) is 2. The van der Waals surface area contributed by atoms with Crippen molar-refractivity contribution >= 4 is 40.0 Å². The third kappa shape index (κ3) is 4.66. The second kappa shape index (κ2) is 9.80. The van der Waals surface area contributed by atoms with Gasteiger partial charge in [-0.05, 0) is 50.1 Å². The highest BCUT2D eigenvalue weighted by molar-refractivity contribution is 5.92. The molecule has 0 spiro atoms. The molecule has 2 aromatic carbocycles. The molecule has 10 nitrogen and oxygen atoms in total. The lowest BCUT2D eigenvalue weighted by molar-refractivity contribution is -0.133. The summed E-state index contributed by atoms with van der Waals surface area (Å²) in [4.78, 5) is 38.4. The zero-order chi connectivity index (χ0) is 25.2. The molecule has 1 aliphatic rings. The Hall–Kier alpha value is -4.21. The van der Waals surface area contributed by atoms with Crippen molar-refractivity contribution in [2.24, 2.45) is 0 Å². The fourth-order valence-corrected chi connectivity index (χ4v) is 4.58. The van der Waals surface area contributed by atoms with E-state index in [0.717, 1.165) is 24.0 Å². The van der Waals surface area contributed by atoms with E-state index in [0.29, 0.717) is 30.5 Å². The number of nitrogens with zero attached hydrogens (tertiary/aromatic N) is 6. The van der Waals surface area contributed by atoms with Gasteiger partial charge in [-0.25, -0.2) is 9.97 Å². The van der Waals surface area contributed by atoms with Crippen LogP contribution in [0, 0.1) is 20.8 Å². The SMILES string of the molecule is Cc1nc2c3ccccc3nc(NNC(=O)CCC(=O)N3CCN(c4cccc(C)c4C)CC3)n2n1. The molecule has 186 valence electrons. The number of aromatic nitrogens is 4. The topological polar surface area (TPSA) is 108 Å². The van der Waals surface area contributed by atoms with Gasteiger partial charge < -0.3 is 9.80 Å². The van der Waals surface area contributed by atoms with Gasteiger partial charge in [0, 0.05) is 50.1 Å². The molecule has 0 aliphatic carbocycles. The monoisotopic (exact) mass is 486 g/mol. The van der Waals surface area contributed by atoms with E-state index in [2.05, 4.69) is 62.9 Å². The molecule has 1 fully saturated rings. The Bertz CT molecular complexity index is 1440. The van der Waals surface area contributed by atoms with Crippen LogP contribution in [0.15, 0.2) is 42.5 Å². The quantitative estimate of drug-likeness (QED) is 0.404. The van der Waals surface area contributed by atoms with Crippen LogP contribution < -0.4 is 15.8 Å². The van der Waals surface area contributed by atoms with Gasteiger partial charge in [-0.3, -0.25) is 20.4 Å². The van der Waals surface area contributed by atoms with Crippen LogP contribution >= 0.6 is 0 Å². The van der Waals surface area contributed by atoms with Gasteiger partial charge in [0.15, 0.2) is 5.65 Å². The lowest BCUT2D eigenvalue weighted by Crippen LogP contribution is -2.49. The van der Waals surface area contributed by atoms with Crippen molar-refractivity contribution in [3.63, 3.8) is 0 Å². The van der Waals surface area contributed by atoms with Gasteiger partial charge in [-0.15, -0.1) is 5.10 Å². The van der Waals surface area contributed by atoms with E-state index in [-0.39, 0.29) is 24.7 Å². The summed E-state index contributed by atoms with van der Waals surface area (Å²) in [5.41, 5.74) is 10.7. The minimum Gasteiger partial charge on any atom is -0.368 e. The molecule has 0 saturated carbocycles. The standard InChI is InChI=1S/C26H30N8O2/c1-17-7-6-10-22(18(17)2)32-13-15-33(16-14-32)24(36)12-11-23(35)29-30-26-28-21-9-5-4-8-20(21)25-27-19(3)31-34(25)26/h4-10H,11-16H2,1-3H3,(H,28,30)(H,29,35). The Kier molecular flexibility index (Phi) is 6.41. The number of aryl methyl sites for hydroxylation is 2. The molecular weight excluding hydrogens is 456 g/mol. The van der Waals surface area contributed by atoms with E-state index in [1.807, 2.05) is 29.2 Å². The number of para-hydroxylation sites is 1. The summed E-state index contributed by atoms with van der Waals surface area (Å²) in [7, 11) is 0. The second-order valence-corrected chi connectivity index (χ2v) is 9.11. The maximum atomic E-state index is 12.7. The van der Waals surface area contributed by atoms with Crippen molar-refractivity contribution in [1.29, 1.82) is 0 Å². The maximum absolute atomic E-state index is 12.7. The third-order valence-corrected chi connectivity index (χ3v) is 6.71. The van der Waals surface area contributed by atoms with Gasteiger partial charge in [-0.1, -0.05) is 24.3 Å². The van der Waals surface area contributed by atoms with E-state index in [1.54, 1.807) is 11.4 Å². The number of carbonyl (C=O) groups is 2. The average Bonchev–Trinajstić information content (AvgIpc) is 3.29. The summed E-state index contributed by atoms with van der Waals surface area (Å²) in [6, 6.07) is 13.9. The molecule has 5 rings (SSSR count). The smallest absolute Gasteiger partial charge is 0.245 e. The highest BCUT2D eigenvalue weighted by Crippen LogP contribution is 2.24. The molecule has 2 amide bonds. The number of hydrazine groups is 1. The summed E-state index contributed by atoms with van der Waals surface area (Å²) >= 11 is 0. The van der Waals surface area contributed by atoms with Crippen LogP contribution in [-0.2, 0) is 9.59 Å². The van der Waals surface area contributed by atoms with Crippen LogP contribution in [0.2, 0.25) is 0 Å². The molecule has 4 aromatic rings. The molecular formula is C26H30N8O2. The summed E-state index contributed by atoms with van der Waals surface area (Å²) < 4.78 is 1.57. The van der Waals surface area contributed by atoms with Gasteiger partial charge in [0.05, 0.1) is 5.52 Å². The summed E-state index contributed by atoms with van der Waals surface area (Å²) in [5.74, 6) is 0.651. The predicted octanol–water partition coefficient (Wildman–Crippen LogP) is 2.77. The van der Waals surface area contributed by atoms with Gasteiger partial charge in [0.25, 0.3) is 0 Å². The normalized spacial score (nSPS) is 13.9. The maximum Gasteiger partial charge on any atom is 0.245 e. The first-order chi connectivity index (χ1) is 17.4. The minimum absolute atomic E-state index is 0.0103. The average molecular weight is 487 g/mol. The number of rotatable bonds is 6. The third-order valence-electron chi connectivity index (χ3n) is 6.71. The Morgan fingerprint density at radius 3 is 2.50 bits per heavy atom. The van der Waals surface area contributed by atoms with Crippen molar-refractivity contribution in [1.82, 2.24) is 29.9 Å². The zero-order valence-corrected chi connectivity index (χ0v) is 20.8. The lowest BCUT2D eigenvalue weighted by atomic mass is 10.1. The summed E-state index contributed by atoms with van der Waals surface area (Å²) in [6.45, 7) is 8.92. The van der Waals surface area contributed by atoms with Crippen LogP contribution in [-0.4, -0.2) is 62.5 Å². The van der Waals surface area contributed by atoms with Gasteiger partial charge >= 0.3 is 0 Å². The molecule has 10 heteroatoms. The molecule has 2 N–H and O–H groups in total. The minimum atomic E-state index is -0.294. The Morgan fingerprint density at radius 2 is 1.69 bits per heavy atom. The molecule has 0 atom stereocenters. The number of benzene rings is 2. The van der Waals surface area contributed by atoms with Gasteiger partial charge in [0.2, 0.25) is 17.8 Å². The van der Waals surface area contributed by atoms with E-state index in [4.69, 9.17) is 0 Å². The number of anilines is 2. The van der Waals surface area contributed by atoms with E-state index >= 15 is 0 Å². The molecule has 2 aromatic heterocycles. The van der Waals surface area contributed by atoms with Crippen LogP contribution in [0.4, 0.5) is 11.6 Å². The van der Waals surface area contributed by atoms with Gasteiger partial charge in [-0.2, -0.15) is 4.52 Å². The molecule has 36 heavy (non-hydrogen) atoms. The number of amides is 2. The number of fused-ring (bicyclic) bond motifs is 3. The number of carbonyl (C=O) groups excluding carboxylic acids is 2. The lowest BCUT2D eigenvalue weighted by Gasteiger charge is -2.37. The number of hydrogen-bond donors (Lipinski definition) is 2. The second-order valence-electron chi connectivity index (χ2n) is 9.11. The van der Waals surface area contributed by atoms with Crippen molar-refractivity contribution in [2.75, 3.05) is 36.5 Å². The van der Waals surface area contributed by atoms with Crippen molar-refractivity contribution in [3.05, 3.63) is 59.4 Å². The molecule has 1 saturated heterocycles. The van der Waals surface area contributed by atoms with Crippen LogP contribution in [0.5, 0.6) is 0 Å². The van der Waals surface area contributed by atoms with Crippen LogP contribution in [0.3, 0.4) is 0 Å². The van der Waals surface area contributed by atoms with Crippen molar-refractivity contribution < 1.29 is 9.59 Å². The highest BCUT2D eigenvalue weighted by atomic mass is 16.2. The predicted molar refractivity (Wildman–Crippen MR) is 139 cm³/mol. The molecule has 1 aliphatic heterocycles. The van der Waals surface area contributed by atoms with Crippen LogP contribution in [0.25, 0.3) is 16.6 Å². The van der Waals surface area contributed by atoms with Gasteiger partial charge in [0.1, 0.15) is 5.82 Å². The molecule has 0 unspecified atom stereocenters. The van der Waals surface area contributed by atoms with Crippen molar-refractivity contribution in [3.8, 4) is 0 Å². The Labute approximate surface area is 209 Å². The first-order valence-electron chi connectivity index (χ1n) is 12.2. The Balaban J connectivity index is 1.14. The van der Waals surface area contributed by atoms with E-state index < -0.39 is 0 Å². The van der Waals surface area contributed by atoms with E-state index in [9.17, 15) is 9.59 Å². The van der Waals surface area contributed by atoms with Crippen LogP contribution in [0.1, 0.15) is 29.8 Å². The highest BCUT2D eigenvalue weighted by Gasteiger charge is 2.23. The first kappa shape index (κ1) is 23.5. The first-order valence-corrected chi connectivity index (χ1v) is 12.2.